The highest BCUT2D eigenvalue weighted by Gasteiger charge is 2.25. The molecule has 0 radical (unpaired) electrons. The van der Waals surface area contributed by atoms with Crippen molar-refractivity contribution in [1.82, 2.24) is 45.4 Å². The van der Waals surface area contributed by atoms with Crippen LogP contribution < -0.4 is 10.6 Å². The molecule has 0 spiro atoms. The van der Waals surface area contributed by atoms with E-state index in [0.717, 1.165) is 11.1 Å². The number of fused-ring (bicyclic) bond motifs is 16. The third-order valence-corrected chi connectivity index (χ3v) is 7.93. The van der Waals surface area contributed by atoms with Crippen molar-refractivity contribution in [2.24, 2.45) is 0 Å². The van der Waals surface area contributed by atoms with Crippen LogP contribution in [0.25, 0.3) is 46.3 Å². The minimum atomic E-state index is -0.391. The molecule has 1 aromatic carbocycles. The van der Waals surface area contributed by atoms with Gasteiger partial charge in [0.05, 0.1) is 0 Å². The number of rotatable bonds is 6. The van der Waals surface area contributed by atoms with Crippen molar-refractivity contribution in [2.75, 3.05) is 41.3 Å². The molecule has 0 saturated carbocycles. The SMILES string of the molecule is CN(C)CCc1oc2nc1C(=O)NCc1cccc(c1)CNC(=O)c1nc(oc1CCN(C)C)-c1coc(n1)-c1cccc(n1)-c1nc-2co1. The van der Waals surface area contributed by atoms with E-state index < -0.39 is 11.8 Å². The summed E-state index contributed by atoms with van der Waals surface area (Å²) < 4.78 is 23.7. The van der Waals surface area contributed by atoms with Crippen LogP contribution in [0.4, 0.5) is 0 Å². The Bertz CT molecular complexity index is 2020. The van der Waals surface area contributed by atoms with Gasteiger partial charge in [0, 0.05) is 39.0 Å². The molecule has 0 fully saturated rings. The van der Waals surface area contributed by atoms with Crippen LogP contribution in [-0.4, -0.2) is 87.8 Å². The molecule has 0 aliphatic carbocycles. The van der Waals surface area contributed by atoms with Gasteiger partial charge in [-0.2, -0.15) is 0 Å². The number of nitrogens with zero attached hydrogens (tertiary/aromatic N) is 7. The lowest BCUT2D eigenvalue weighted by Gasteiger charge is -2.10. The van der Waals surface area contributed by atoms with Gasteiger partial charge in [0.15, 0.2) is 22.8 Å². The molecule has 6 heterocycles. The van der Waals surface area contributed by atoms with Crippen LogP contribution in [0.1, 0.15) is 43.6 Å². The standard InChI is InChI=1S/C35H35N9O6/c1-43(2)13-11-26-28-30(45)36-16-20-7-5-8-21(15-20)17-37-31(46)29-27(12-14-44(3)4)50-35(42-29)25-19-48-33(40-25)23-10-6-9-22(38-23)32-39-24(18-47-32)34(41-28)49-26/h5-10,15,18-19H,11-14,16-17H2,1-4H3,(H,36,45)(H,37,46). The summed E-state index contributed by atoms with van der Waals surface area (Å²) in [5.74, 6) is 0.781. The van der Waals surface area contributed by atoms with Crippen LogP contribution in [0.2, 0.25) is 0 Å². The highest BCUT2D eigenvalue weighted by molar-refractivity contribution is 5.94. The quantitative estimate of drug-likeness (QED) is 0.258. The van der Waals surface area contributed by atoms with Gasteiger partial charge in [-0.25, -0.2) is 24.9 Å². The second kappa shape index (κ2) is 13.9. The fraction of sp³-hybridized carbons (Fsp3) is 0.286. The van der Waals surface area contributed by atoms with Gasteiger partial charge in [-0.3, -0.25) is 9.59 Å². The highest BCUT2D eigenvalue weighted by atomic mass is 16.4. The van der Waals surface area contributed by atoms with Gasteiger partial charge in [0.25, 0.3) is 11.8 Å². The summed E-state index contributed by atoms with van der Waals surface area (Å²) in [5, 5.41) is 5.91. The first-order chi connectivity index (χ1) is 24.2. The van der Waals surface area contributed by atoms with Crippen LogP contribution in [0.15, 0.2) is 72.7 Å². The maximum absolute atomic E-state index is 13.5. The second-order valence-corrected chi connectivity index (χ2v) is 12.4. The number of carbonyl (C=O) groups excluding carboxylic acids is 2. The van der Waals surface area contributed by atoms with E-state index in [1.54, 1.807) is 18.2 Å². The fourth-order valence-corrected chi connectivity index (χ4v) is 5.30. The predicted molar refractivity (Wildman–Crippen MR) is 180 cm³/mol. The molecule has 6 aromatic rings. The summed E-state index contributed by atoms with van der Waals surface area (Å²) in [6.07, 6.45) is 3.72. The van der Waals surface area contributed by atoms with Gasteiger partial charge in [0.2, 0.25) is 23.6 Å². The lowest BCUT2D eigenvalue weighted by Crippen LogP contribution is -2.26. The zero-order chi connectivity index (χ0) is 34.8. The summed E-state index contributed by atoms with van der Waals surface area (Å²) in [5.41, 5.74) is 3.45. The van der Waals surface area contributed by atoms with Gasteiger partial charge < -0.3 is 38.1 Å². The average Bonchev–Trinajstić information content (AvgIpc) is 3.93. The van der Waals surface area contributed by atoms with Gasteiger partial charge in [0.1, 0.15) is 35.4 Å². The van der Waals surface area contributed by atoms with Gasteiger partial charge in [-0.15, -0.1) is 0 Å². The van der Waals surface area contributed by atoms with E-state index in [9.17, 15) is 9.59 Å². The summed E-state index contributed by atoms with van der Waals surface area (Å²) in [4.78, 5) is 53.8. The largest absolute Gasteiger partial charge is 0.442 e. The Morgan fingerprint density at radius 1 is 0.600 bits per heavy atom. The van der Waals surface area contributed by atoms with E-state index in [-0.39, 0.29) is 48.0 Å². The zero-order valence-corrected chi connectivity index (χ0v) is 28.0. The lowest BCUT2D eigenvalue weighted by atomic mass is 10.1. The molecule has 0 atom stereocenters. The summed E-state index contributed by atoms with van der Waals surface area (Å²) in [6, 6.07) is 12.8. The van der Waals surface area contributed by atoms with Crippen LogP contribution in [-0.2, 0) is 25.9 Å². The molecule has 0 unspecified atom stereocenters. The second-order valence-electron chi connectivity index (χ2n) is 12.4. The molecule has 256 valence electrons. The predicted octanol–water partition coefficient (Wildman–Crippen LogP) is 4.08. The minimum Gasteiger partial charge on any atom is -0.442 e. The Balaban J connectivity index is 1.28. The Hall–Kier alpha value is -5.93. The van der Waals surface area contributed by atoms with Crippen LogP contribution >= 0.6 is 0 Å². The molecule has 5 aromatic heterocycles. The zero-order valence-electron chi connectivity index (χ0n) is 28.0. The molecule has 1 aliphatic rings. The molecule has 15 heteroatoms. The molecule has 1 aliphatic heterocycles. The topological polar surface area (TPSA) is 182 Å². The van der Waals surface area contributed by atoms with Gasteiger partial charge >= 0.3 is 0 Å². The Labute approximate surface area is 286 Å². The van der Waals surface area contributed by atoms with E-state index in [0.29, 0.717) is 60.2 Å². The van der Waals surface area contributed by atoms with Crippen LogP contribution in [0.5, 0.6) is 0 Å². The van der Waals surface area contributed by atoms with Crippen LogP contribution in [0, 0.1) is 0 Å². The number of amides is 2. The first kappa shape index (κ1) is 32.6. The van der Waals surface area contributed by atoms with E-state index in [1.165, 1.54) is 12.5 Å². The Kier molecular flexibility index (Phi) is 9.06. The third-order valence-electron chi connectivity index (χ3n) is 7.93. The van der Waals surface area contributed by atoms with Crippen molar-refractivity contribution in [1.29, 1.82) is 0 Å². The summed E-state index contributed by atoms with van der Waals surface area (Å²) in [6.45, 7) is 1.73. The van der Waals surface area contributed by atoms with Gasteiger partial charge in [-0.05, 0) is 51.5 Å². The summed E-state index contributed by atoms with van der Waals surface area (Å²) in [7, 11) is 7.75. The van der Waals surface area contributed by atoms with E-state index in [4.69, 9.17) is 17.7 Å². The molecular formula is C35H35N9O6. The lowest BCUT2D eigenvalue weighted by molar-refractivity contribution is 0.0937. The molecule has 7 rings (SSSR count). The average molecular weight is 678 g/mol. The smallest absolute Gasteiger partial charge is 0.273 e. The first-order valence-electron chi connectivity index (χ1n) is 16.0. The molecular weight excluding hydrogens is 642 g/mol. The monoisotopic (exact) mass is 677 g/mol. The van der Waals surface area contributed by atoms with E-state index in [1.807, 2.05) is 62.3 Å². The number of carbonyl (C=O) groups is 2. The van der Waals surface area contributed by atoms with E-state index >= 15 is 0 Å². The molecule has 0 saturated heterocycles. The number of benzene rings is 1. The van der Waals surface area contributed by atoms with Crippen molar-refractivity contribution in [3.05, 3.63) is 89.0 Å². The third kappa shape index (κ3) is 7.09. The van der Waals surface area contributed by atoms with Crippen molar-refractivity contribution in [3.8, 4) is 46.3 Å². The van der Waals surface area contributed by atoms with Gasteiger partial charge in [-0.1, -0.05) is 30.3 Å². The Morgan fingerprint density at radius 3 is 1.52 bits per heavy atom. The summed E-state index contributed by atoms with van der Waals surface area (Å²) >= 11 is 0. The van der Waals surface area contributed by atoms with E-state index in [2.05, 4.69) is 35.6 Å². The van der Waals surface area contributed by atoms with Crippen molar-refractivity contribution >= 4 is 11.8 Å². The maximum atomic E-state index is 13.5. The minimum absolute atomic E-state index is 0.148. The molecule has 12 bridgehead atoms. The maximum Gasteiger partial charge on any atom is 0.273 e. The molecule has 2 N–H and O–H groups in total. The Morgan fingerprint density at radius 2 is 1.06 bits per heavy atom. The first-order valence-corrected chi connectivity index (χ1v) is 16.0. The van der Waals surface area contributed by atoms with Crippen molar-refractivity contribution in [2.45, 2.75) is 25.9 Å². The van der Waals surface area contributed by atoms with Crippen LogP contribution in [0.3, 0.4) is 0 Å². The fourth-order valence-electron chi connectivity index (χ4n) is 5.30. The number of hydrogen-bond donors (Lipinski definition) is 2. The normalized spacial score (nSPS) is 13.3. The molecule has 2 amide bonds. The number of nitrogens with one attached hydrogen (secondary N) is 2. The number of pyridine rings is 1. The van der Waals surface area contributed by atoms with Crippen molar-refractivity contribution in [3.63, 3.8) is 0 Å². The molecule has 50 heavy (non-hydrogen) atoms. The van der Waals surface area contributed by atoms with Crippen molar-refractivity contribution < 1.29 is 27.3 Å². The molecule has 15 nitrogen and oxygen atoms in total. The number of oxazole rings is 4. The number of aromatic nitrogens is 5. The number of hydrogen-bond acceptors (Lipinski definition) is 13. The highest BCUT2D eigenvalue weighted by Crippen LogP contribution is 2.29. The number of likely N-dealkylation sites (N-methyl/N-ethyl adjacent to an activating group) is 2.